The zero-order chi connectivity index (χ0) is 16.8. The van der Waals surface area contributed by atoms with Gasteiger partial charge in [0.1, 0.15) is 0 Å². The second-order valence-electron chi connectivity index (χ2n) is 7.47. The van der Waals surface area contributed by atoms with Crippen LogP contribution in [0.3, 0.4) is 0 Å². The van der Waals surface area contributed by atoms with Gasteiger partial charge in [-0.2, -0.15) is 4.98 Å². The fourth-order valence-corrected chi connectivity index (χ4v) is 4.49. The maximum absolute atomic E-state index is 4.76. The molecule has 2 saturated carbocycles. The van der Waals surface area contributed by atoms with Gasteiger partial charge in [0.15, 0.2) is 12.1 Å². The van der Waals surface area contributed by atoms with Gasteiger partial charge in [-0.05, 0) is 55.7 Å². The van der Waals surface area contributed by atoms with Crippen LogP contribution in [0.25, 0.3) is 11.2 Å². The molecule has 3 unspecified atom stereocenters. The number of benzene rings is 1. The van der Waals surface area contributed by atoms with E-state index < -0.39 is 0 Å². The highest BCUT2D eigenvalue weighted by atomic mass is 15.2. The van der Waals surface area contributed by atoms with Crippen LogP contribution in [0.5, 0.6) is 0 Å². The minimum Gasteiger partial charge on any atom is -0.364 e. The first-order valence-electron chi connectivity index (χ1n) is 9.11. The average molecular weight is 335 g/mol. The molecule has 4 N–H and O–H groups in total. The first-order valence-corrected chi connectivity index (χ1v) is 9.11. The number of imidazole rings is 1. The van der Waals surface area contributed by atoms with Crippen molar-refractivity contribution < 1.29 is 4.98 Å². The monoisotopic (exact) mass is 335 g/mol. The minimum atomic E-state index is 0.534. The number of anilines is 3. The van der Waals surface area contributed by atoms with Crippen LogP contribution >= 0.6 is 0 Å². The number of rotatable bonds is 4. The van der Waals surface area contributed by atoms with Crippen molar-refractivity contribution in [3.8, 4) is 0 Å². The summed E-state index contributed by atoms with van der Waals surface area (Å²) in [6.45, 7) is 2.08. The summed E-state index contributed by atoms with van der Waals surface area (Å²) in [7, 11) is 0. The number of hydrogen-bond acceptors (Lipinski definition) is 4. The van der Waals surface area contributed by atoms with E-state index in [1.165, 1.54) is 31.2 Å². The van der Waals surface area contributed by atoms with Crippen LogP contribution in [0.2, 0.25) is 0 Å². The summed E-state index contributed by atoms with van der Waals surface area (Å²) in [6.07, 6.45) is 7.19. The second-order valence-corrected chi connectivity index (χ2v) is 7.47. The number of fused-ring (bicyclic) bond motifs is 3. The summed E-state index contributed by atoms with van der Waals surface area (Å²) in [5.41, 5.74) is 3.97. The Labute approximate surface area is 146 Å². The topological polar surface area (TPSA) is 79.8 Å². The first-order chi connectivity index (χ1) is 12.2. The SMILES string of the molecule is Cc1cccc(Nc2nc(NC3CC4CCC3C4)c3[nH]c[nH+]c3n2)c1. The number of nitrogens with one attached hydrogen (secondary N) is 4. The summed E-state index contributed by atoms with van der Waals surface area (Å²) < 4.78 is 0. The molecule has 6 nitrogen and oxygen atoms in total. The smallest absolute Gasteiger partial charge is 0.307 e. The summed E-state index contributed by atoms with van der Waals surface area (Å²) in [6, 6.07) is 8.78. The molecule has 2 aliphatic rings. The van der Waals surface area contributed by atoms with Crippen molar-refractivity contribution in [2.75, 3.05) is 10.6 Å². The fraction of sp³-hybridized carbons (Fsp3) is 0.421. The molecule has 25 heavy (non-hydrogen) atoms. The zero-order valence-electron chi connectivity index (χ0n) is 14.3. The molecular formula is C19H23N6+. The summed E-state index contributed by atoms with van der Waals surface area (Å²) in [5.74, 6) is 3.20. The van der Waals surface area contributed by atoms with Gasteiger partial charge in [-0.1, -0.05) is 23.5 Å². The normalized spacial score (nSPS) is 24.8. The van der Waals surface area contributed by atoms with Gasteiger partial charge in [-0.3, -0.25) is 4.98 Å². The summed E-state index contributed by atoms with van der Waals surface area (Å²) in [4.78, 5) is 15.8. The Morgan fingerprint density at radius 3 is 2.96 bits per heavy atom. The molecule has 0 spiro atoms. The summed E-state index contributed by atoms with van der Waals surface area (Å²) in [5, 5.41) is 7.03. The Bertz CT molecular complexity index is 917. The van der Waals surface area contributed by atoms with E-state index in [-0.39, 0.29) is 0 Å². The molecule has 5 rings (SSSR count). The van der Waals surface area contributed by atoms with Crippen molar-refractivity contribution in [3.05, 3.63) is 36.2 Å². The van der Waals surface area contributed by atoms with Gasteiger partial charge < -0.3 is 10.6 Å². The molecule has 128 valence electrons. The molecule has 2 heterocycles. The Morgan fingerprint density at radius 1 is 1.20 bits per heavy atom. The van der Waals surface area contributed by atoms with Crippen molar-refractivity contribution in [2.24, 2.45) is 11.8 Å². The van der Waals surface area contributed by atoms with Gasteiger partial charge in [-0.25, -0.2) is 4.98 Å². The molecule has 0 saturated heterocycles. The molecule has 2 aliphatic carbocycles. The Hall–Kier alpha value is -2.63. The molecule has 0 amide bonds. The molecule has 2 aromatic heterocycles. The first kappa shape index (κ1) is 14.7. The maximum atomic E-state index is 4.76. The van der Waals surface area contributed by atoms with E-state index in [4.69, 9.17) is 4.98 Å². The lowest BCUT2D eigenvalue weighted by atomic mass is 9.95. The second kappa shape index (κ2) is 5.72. The predicted octanol–water partition coefficient (Wildman–Crippen LogP) is 3.42. The van der Waals surface area contributed by atoms with Gasteiger partial charge in [0.05, 0.1) is 0 Å². The zero-order valence-corrected chi connectivity index (χ0v) is 14.3. The Morgan fingerprint density at radius 2 is 2.16 bits per heavy atom. The van der Waals surface area contributed by atoms with E-state index in [0.29, 0.717) is 12.0 Å². The highest BCUT2D eigenvalue weighted by molar-refractivity contribution is 5.82. The van der Waals surface area contributed by atoms with Crippen LogP contribution in [-0.4, -0.2) is 21.0 Å². The number of aryl methyl sites for hydroxylation is 1. The standard InChI is InChI=1S/C19H22N6/c1-11-3-2-4-14(7-11)22-19-24-17-16(20-10-21-17)18(25-19)23-15-9-12-5-6-13(15)8-12/h2-4,7,10,12-13,15H,5-6,8-9H2,1H3,(H3,20,21,22,23,24,25)/p+1. The third-order valence-corrected chi connectivity index (χ3v) is 5.67. The molecule has 3 atom stereocenters. The number of nitrogens with zero attached hydrogens (tertiary/aromatic N) is 2. The lowest BCUT2D eigenvalue weighted by Crippen LogP contribution is -2.26. The molecule has 1 aromatic carbocycles. The number of aromatic nitrogens is 4. The van der Waals surface area contributed by atoms with Gasteiger partial charge >= 0.3 is 11.6 Å². The predicted molar refractivity (Wildman–Crippen MR) is 97.8 cm³/mol. The van der Waals surface area contributed by atoms with Gasteiger partial charge in [0.25, 0.3) is 0 Å². The van der Waals surface area contributed by atoms with Crippen LogP contribution in [0.4, 0.5) is 17.5 Å². The van der Waals surface area contributed by atoms with Gasteiger partial charge in [0.2, 0.25) is 5.52 Å². The summed E-state index contributed by atoms with van der Waals surface area (Å²) >= 11 is 0. The third-order valence-electron chi connectivity index (χ3n) is 5.67. The van der Waals surface area contributed by atoms with Crippen molar-refractivity contribution in [3.63, 3.8) is 0 Å². The Balaban J connectivity index is 1.46. The molecule has 3 aromatic rings. The third kappa shape index (κ3) is 2.71. The fourth-order valence-electron chi connectivity index (χ4n) is 4.49. The maximum Gasteiger partial charge on any atom is 0.307 e. The van der Waals surface area contributed by atoms with Crippen LogP contribution in [0.15, 0.2) is 30.6 Å². The molecule has 0 radical (unpaired) electrons. The van der Waals surface area contributed by atoms with Crippen LogP contribution < -0.4 is 15.6 Å². The Kier molecular flexibility index (Phi) is 3.36. The number of aromatic amines is 2. The highest BCUT2D eigenvalue weighted by Gasteiger charge is 2.40. The van der Waals surface area contributed by atoms with Gasteiger partial charge in [-0.15, -0.1) is 0 Å². The van der Waals surface area contributed by atoms with Crippen LogP contribution in [0.1, 0.15) is 31.2 Å². The molecule has 2 fully saturated rings. The number of hydrogen-bond donors (Lipinski definition) is 3. The van der Waals surface area contributed by atoms with Crippen molar-refractivity contribution in [1.82, 2.24) is 15.0 Å². The minimum absolute atomic E-state index is 0.534. The lowest BCUT2D eigenvalue weighted by Gasteiger charge is -2.23. The quantitative estimate of drug-likeness (QED) is 0.682. The molecule has 2 bridgehead atoms. The largest absolute Gasteiger partial charge is 0.364 e. The molecule has 6 heteroatoms. The van der Waals surface area contributed by atoms with Gasteiger partial charge in [0, 0.05) is 11.7 Å². The van der Waals surface area contributed by atoms with Crippen LogP contribution in [-0.2, 0) is 0 Å². The van der Waals surface area contributed by atoms with E-state index in [2.05, 4.69) is 44.6 Å². The van der Waals surface area contributed by atoms with Crippen molar-refractivity contribution in [2.45, 2.75) is 38.6 Å². The highest BCUT2D eigenvalue weighted by Crippen LogP contribution is 2.45. The van der Waals surface area contributed by atoms with E-state index in [1.54, 1.807) is 0 Å². The van der Waals surface area contributed by atoms with E-state index >= 15 is 0 Å². The lowest BCUT2D eigenvalue weighted by molar-refractivity contribution is -0.347. The number of H-pyrrole nitrogens is 2. The van der Waals surface area contributed by atoms with E-state index in [9.17, 15) is 0 Å². The molecule has 0 aliphatic heterocycles. The van der Waals surface area contributed by atoms with Crippen molar-refractivity contribution in [1.29, 1.82) is 0 Å². The molecular weight excluding hydrogens is 312 g/mol. The van der Waals surface area contributed by atoms with Crippen LogP contribution in [0, 0.1) is 18.8 Å². The van der Waals surface area contributed by atoms with E-state index in [1.807, 2.05) is 18.5 Å². The average Bonchev–Trinajstić information content (AvgIpc) is 3.31. The van der Waals surface area contributed by atoms with E-state index in [0.717, 1.165) is 34.5 Å². The van der Waals surface area contributed by atoms with Crippen molar-refractivity contribution >= 4 is 28.6 Å².